The molecule has 12 heavy (non-hydrogen) atoms. The standard InChI is InChI=1S/C10H15NO/c1-11(2)10(12-3)9-7-5-4-6-8-9/h4-8,10H,1-3H3. The summed E-state index contributed by atoms with van der Waals surface area (Å²) in [5.41, 5.74) is 1.19. The summed E-state index contributed by atoms with van der Waals surface area (Å²) in [7, 11) is 5.72. The first-order valence-corrected chi connectivity index (χ1v) is 4.00. The Labute approximate surface area is 73.8 Å². The molecule has 0 amide bonds. The van der Waals surface area contributed by atoms with E-state index in [1.165, 1.54) is 5.56 Å². The number of benzene rings is 1. The zero-order chi connectivity index (χ0) is 8.97. The molecule has 2 nitrogen and oxygen atoms in total. The summed E-state index contributed by atoms with van der Waals surface area (Å²) >= 11 is 0. The van der Waals surface area contributed by atoms with E-state index in [1.807, 2.05) is 37.2 Å². The first-order chi connectivity index (χ1) is 5.75. The predicted octanol–water partition coefficient (Wildman–Crippen LogP) is 1.89. The van der Waals surface area contributed by atoms with Crippen LogP contribution in [-0.2, 0) is 4.74 Å². The molecule has 0 fully saturated rings. The Morgan fingerprint density at radius 1 is 1.17 bits per heavy atom. The highest BCUT2D eigenvalue weighted by Crippen LogP contribution is 2.17. The molecule has 2 heteroatoms. The highest BCUT2D eigenvalue weighted by Gasteiger charge is 2.10. The van der Waals surface area contributed by atoms with Gasteiger partial charge in [0, 0.05) is 7.11 Å². The molecule has 0 aromatic heterocycles. The number of hydrogen-bond donors (Lipinski definition) is 0. The Balaban J connectivity index is 2.80. The van der Waals surface area contributed by atoms with Crippen LogP contribution in [0, 0.1) is 0 Å². The van der Waals surface area contributed by atoms with E-state index in [0.29, 0.717) is 0 Å². The van der Waals surface area contributed by atoms with Crippen LogP contribution in [0.2, 0.25) is 0 Å². The minimum Gasteiger partial charge on any atom is -0.362 e. The van der Waals surface area contributed by atoms with Crippen LogP contribution >= 0.6 is 0 Å². The molecule has 66 valence electrons. The SMILES string of the molecule is COC(c1ccccc1)N(C)C. The monoisotopic (exact) mass is 165 g/mol. The number of rotatable bonds is 3. The molecule has 1 aromatic rings. The number of ether oxygens (including phenoxy) is 1. The van der Waals surface area contributed by atoms with Crippen LogP contribution in [-0.4, -0.2) is 26.1 Å². The molecule has 1 rings (SSSR count). The Morgan fingerprint density at radius 3 is 2.17 bits per heavy atom. The normalized spacial score (nSPS) is 13.3. The van der Waals surface area contributed by atoms with Gasteiger partial charge in [-0.1, -0.05) is 30.3 Å². The van der Waals surface area contributed by atoms with Crippen LogP contribution < -0.4 is 0 Å². The fraction of sp³-hybridized carbons (Fsp3) is 0.400. The maximum absolute atomic E-state index is 5.32. The largest absolute Gasteiger partial charge is 0.362 e. The lowest BCUT2D eigenvalue weighted by Crippen LogP contribution is -2.21. The van der Waals surface area contributed by atoms with Crippen molar-refractivity contribution < 1.29 is 4.74 Å². The second kappa shape index (κ2) is 4.24. The maximum Gasteiger partial charge on any atom is 0.135 e. The van der Waals surface area contributed by atoms with E-state index in [1.54, 1.807) is 7.11 Å². The van der Waals surface area contributed by atoms with Crippen molar-refractivity contribution in [3.05, 3.63) is 35.9 Å². The van der Waals surface area contributed by atoms with Crippen molar-refractivity contribution in [2.45, 2.75) is 6.23 Å². The van der Waals surface area contributed by atoms with Crippen molar-refractivity contribution in [1.82, 2.24) is 4.90 Å². The van der Waals surface area contributed by atoms with Gasteiger partial charge in [-0.05, 0) is 19.7 Å². The Hall–Kier alpha value is -0.860. The third-order valence-electron chi connectivity index (χ3n) is 1.78. The Kier molecular flexibility index (Phi) is 3.26. The number of hydrogen-bond acceptors (Lipinski definition) is 2. The van der Waals surface area contributed by atoms with Gasteiger partial charge in [0.2, 0.25) is 0 Å². The molecule has 0 saturated heterocycles. The first-order valence-electron chi connectivity index (χ1n) is 4.00. The highest BCUT2D eigenvalue weighted by molar-refractivity contribution is 5.16. The molecular formula is C10H15NO. The zero-order valence-corrected chi connectivity index (χ0v) is 7.82. The molecule has 0 aliphatic heterocycles. The highest BCUT2D eigenvalue weighted by atomic mass is 16.5. The molecule has 0 saturated carbocycles. The third kappa shape index (κ3) is 2.06. The average Bonchev–Trinajstić information content (AvgIpc) is 2.07. The second-order valence-corrected chi connectivity index (χ2v) is 2.96. The van der Waals surface area contributed by atoms with Gasteiger partial charge in [-0.25, -0.2) is 0 Å². The van der Waals surface area contributed by atoms with E-state index in [2.05, 4.69) is 12.1 Å². The van der Waals surface area contributed by atoms with Gasteiger partial charge >= 0.3 is 0 Å². The maximum atomic E-state index is 5.32. The van der Waals surface area contributed by atoms with Crippen LogP contribution in [0.3, 0.4) is 0 Å². The van der Waals surface area contributed by atoms with Crippen molar-refractivity contribution in [1.29, 1.82) is 0 Å². The molecule has 0 N–H and O–H groups in total. The third-order valence-corrected chi connectivity index (χ3v) is 1.78. The van der Waals surface area contributed by atoms with Crippen molar-refractivity contribution in [3.63, 3.8) is 0 Å². The number of nitrogens with zero attached hydrogens (tertiary/aromatic N) is 1. The molecule has 0 aliphatic carbocycles. The molecule has 0 radical (unpaired) electrons. The summed E-state index contributed by atoms with van der Waals surface area (Å²) in [5, 5.41) is 0. The average molecular weight is 165 g/mol. The lowest BCUT2D eigenvalue weighted by atomic mass is 10.2. The van der Waals surface area contributed by atoms with Crippen molar-refractivity contribution in [2.24, 2.45) is 0 Å². The van der Waals surface area contributed by atoms with Gasteiger partial charge in [0.1, 0.15) is 6.23 Å². The van der Waals surface area contributed by atoms with Crippen LogP contribution in [0.5, 0.6) is 0 Å². The van der Waals surface area contributed by atoms with Crippen LogP contribution in [0.15, 0.2) is 30.3 Å². The smallest absolute Gasteiger partial charge is 0.135 e. The topological polar surface area (TPSA) is 12.5 Å². The van der Waals surface area contributed by atoms with E-state index in [4.69, 9.17) is 4.74 Å². The summed E-state index contributed by atoms with van der Waals surface area (Å²) in [6, 6.07) is 10.2. The van der Waals surface area contributed by atoms with Gasteiger partial charge in [-0.15, -0.1) is 0 Å². The minimum atomic E-state index is 0.0613. The zero-order valence-electron chi connectivity index (χ0n) is 7.82. The van der Waals surface area contributed by atoms with Crippen molar-refractivity contribution >= 4 is 0 Å². The Bertz CT molecular complexity index is 221. The molecule has 0 aliphatic rings. The van der Waals surface area contributed by atoms with Crippen molar-refractivity contribution in [2.75, 3.05) is 21.2 Å². The molecule has 1 aromatic carbocycles. The molecule has 1 unspecified atom stereocenters. The van der Waals surface area contributed by atoms with Gasteiger partial charge < -0.3 is 4.74 Å². The van der Waals surface area contributed by atoms with E-state index in [-0.39, 0.29) is 6.23 Å². The summed E-state index contributed by atoms with van der Waals surface area (Å²) in [6.45, 7) is 0. The van der Waals surface area contributed by atoms with E-state index < -0.39 is 0 Å². The quantitative estimate of drug-likeness (QED) is 0.634. The molecule has 0 heterocycles. The summed E-state index contributed by atoms with van der Waals surface area (Å²) < 4.78 is 5.32. The predicted molar refractivity (Wildman–Crippen MR) is 49.9 cm³/mol. The fourth-order valence-corrected chi connectivity index (χ4v) is 1.26. The summed E-state index contributed by atoms with van der Waals surface area (Å²) in [6.07, 6.45) is 0.0613. The van der Waals surface area contributed by atoms with Crippen molar-refractivity contribution in [3.8, 4) is 0 Å². The van der Waals surface area contributed by atoms with Crippen LogP contribution in [0.4, 0.5) is 0 Å². The fourth-order valence-electron chi connectivity index (χ4n) is 1.26. The van der Waals surface area contributed by atoms with Crippen LogP contribution in [0.25, 0.3) is 0 Å². The van der Waals surface area contributed by atoms with Gasteiger partial charge in [0.25, 0.3) is 0 Å². The second-order valence-electron chi connectivity index (χ2n) is 2.96. The van der Waals surface area contributed by atoms with E-state index in [0.717, 1.165) is 0 Å². The van der Waals surface area contributed by atoms with Crippen LogP contribution in [0.1, 0.15) is 11.8 Å². The summed E-state index contributed by atoms with van der Waals surface area (Å²) in [4.78, 5) is 2.04. The molecular weight excluding hydrogens is 150 g/mol. The van der Waals surface area contributed by atoms with Gasteiger partial charge in [0.05, 0.1) is 0 Å². The molecule has 0 bridgehead atoms. The van der Waals surface area contributed by atoms with E-state index in [9.17, 15) is 0 Å². The lowest BCUT2D eigenvalue weighted by molar-refractivity contribution is -0.00540. The first kappa shape index (κ1) is 9.23. The van der Waals surface area contributed by atoms with Gasteiger partial charge in [-0.2, -0.15) is 0 Å². The minimum absolute atomic E-state index is 0.0613. The molecule has 0 spiro atoms. The Morgan fingerprint density at radius 2 is 1.75 bits per heavy atom. The van der Waals surface area contributed by atoms with E-state index >= 15 is 0 Å². The number of methoxy groups -OCH3 is 1. The van der Waals surface area contributed by atoms with Gasteiger partial charge in [-0.3, -0.25) is 4.90 Å². The molecule has 1 atom stereocenters. The lowest BCUT2D eigenvalue weighted by Gasteiger charge is -2.22. The summed E-state index contributed by atoms with van der Waals surface area (Å²) in [5.74, 6) is 0. The van der Waals surface area contributed by atoms with Gasteiger partial charge in [0.15, 0.2) is 0 Å².